The Morgan fingerprint density at radius 1 is 1.28 bits per heavy atom. The van der Waals surface area contributed by atoms with Crippen LogP contribution in [0.1, 0.15) is 24.8 Å². The maximum atomic E-state index is 11.2. The van der Waals surface area contributed by atoms with Crippen LogP contribution >= 0.6 is 0 Å². The van der Waals surface area contributed by atoms with Crippen LogP contribution in [-0.4, -0.2) is 28.1 Å². The predicted octanol–water partition coefficient (Wildman–Crippen LogP) is 2.43. The monoisotopic (exact) mass is 243 g/mol. The number of carboxylic acids is 1. The zero-order chi connectivity index (χ0) is 12.5. The molecule has 0 radical (unpaired) electrons. The van der Waals surface area contributed by atoms with Crippen LogP contribution in [0.3, 0.4) is 0 Å². The molecule has 1 saturated heterocycles. The van der Waals surface area contributed by atoms with Crippen molar-refractivity contribution in [1.82, 2.24) is 4.90 Å². The molecule has 3 rings (SSSR count). The number of carbonyl (C=O) groups is 1. The van der Waals surface area contributed by atoms with Gasteiger partial charge in [0.25, 0.3) is 0 Å². The molecule has 0 spiro atoms. The smallest absolute Gasteiger partial charge is 0.332 e. The molecule has 2 heterocycles. The molecule has 94 valence electrons. The average Bonchev–Trinajstić information content (AvgIpc) is 2.63. The van der Waals surface area contributed by atoms with Gasteiger partial charge in [-0.2, -0.15) is 0 Å². The number of nitrogens with zero attached hydrogens (tertiary/aromatic N) is 1. The number of hydrogen-bond acceptors (Lipinski definition) is 2. The molecule has 1 aromatic rings. The first-order valence-electron chi connectivity index (χ1n) is 6.48. The second kappa shape index (κ2) is 4.58. The predicted molar refractivity (Wildman–Crippen MR) is 69.1 cm³/mol. The first kappa shape index (κ1) is 11.5. The summed E-state index contributed by atoms with van der Waals surface area (Å²) >= 11 is 0. The molecule has 0 saturated carbocycles. The van der Waals surface area contributed by atoms with E-state index < -0.39 is 5.97 Å². The molecule has 1 N–H and O–H groups in total. The first-order valence-corrected chi connectivity index (χ1v) is 6.48. The van der Waals surface area contributed by atoms with Crippen LogP contribution in [0.4, 0.5) is 0 Å². The molecule has 1 aromatic carbocycles. The average molecular weight is 243 g/mol. The van der Waals surface area contributed by atoms with Crippen molar-refractivity contribution in [3.05, 3.63) is 47.5 Å². The van der Waals surface area contributed by atoms with Gasteiger partial charge in [0.15, 0.2) is 0 Å². The number of aliphatic carboxylic acids is 1. The van der Waals surface area contributed by atoms with Crippen LogP contribution < -0.4 is 0 Å². The van der Waals surface area contributed by atoms with Gasteiger partial charge in [-0.1, -0.05) is 36.4 Å². The summed E-state index contributed by atoms with van der Waals surface area (Å²) in [5, 5.41) is 9.25. The maximum Gasteiger partial charge on any atom is 0.332 e. The fourth-order valence-corrected chi connectivity index (χ4v) is 3.19. The van der Waals surface area contributed by atoms with Gasteiger partial charge >= 0.3 is 5.97 Å². The summed E-state index contributed by atoms with van der Waals surface area (Å²) < 4.78 is 0. The van der Waals surface area contributed by atoms with Gasteiger partial charge in [0, 0.05) is 18.6 Å². The molecule has 2 unspecified atom stereocenters. The van der Waals surface area contributed by atoms with E-state index in [4.69, 9.17) is 0 Å². The van der Waals surface area contributed by atoms with Gasteiger partial charge in [-0.05, 0) is 24.8 Å². The highest BCUT2D eigenvalue weighted by Crippen LogP contribution is 2.36. The van der Waals surface area contributed by atoms with Crippen molar-refractivity contribution in [3.8, 4) is 0 Å². The summed E-state index contributed by atoms with van der Waals surface area (Å²) in [7, 11) is 0. The second-order valence-electron chi connectivity index (χ2n) is 5.11. The van der Waals surface area contributed by atoms with Crippen molar-refractivity contribution in [2.75, 3.05) is 0 Å². The van der Waals surface area contributed by atoms with E-state index in [1.807, 2.05) is 24.3 Å². The molecular weight excluding hydrogens is 226 g/mol. The van der Waals surface area contributed by atoms with Crippen molar-refractivity contribution in [3.63, 3.8) is 0 Å². The summed E-state index contributed by atoms with van der Waals surface area (Å²) in [6.45, 7) is 0.862. The van der Waals surface area contributed by atoms with Gasteiger partial charge in [-0.25, -0.2) is 4.79 Å². The first-order chi connectivity index (χ1) is 8.75. The molecule has 2 aliphatic heterocycles. The molecule has 2 bridgehead atoms. The summed E-state index contributed by atoms with van der Waals surface area (Å²) in [5.41, 5.74) is 1.86. The minimum Gasteiger partial charge on any atom is -0.478 e. The fourth-order valence-electron chi connectivity index (χ4n) is 3.19. The van der Waals surface area contributed by atoms with Crippen molar-refractivity contribution >= 4 is 5.97 Å². The molecule has 3 heteroatoms. The van der Waals surface area contributed by atoms with Crippen molar-refractivity contribution in [1.29, 1.82) is 0 Å². The minimum absolute atomic E-state index is 0.112. The lowest BCUT2D eigenvalue weighted by Gasteiger charge is -2.33. The van der Waals surface area contributed by atoms with E-state index in [2.05, 4.69) is 17.0 Å². The van der Waals surface area contributed by atoms with Crippen molar-refractivity contribution in [2.45, 2.75) is 37.9 Å². The highest BCUT2D eigenvalue weighted by Gasteiger charge is 2.40. The number of hydrogen-bond donors (Lipinski definition) is 1. The standard InChI is InChI=1S/C15H17NO2/c17-15(18)13-8-6-12-7-9-14(13)16(12)10-11-4-2-1-3-5-11/h1-5,8,12,14H,6-7,9-10H2,(H,17,18). The summed E-state index contributed by atoms with van der Waals surface area (Å²) in [4.78, 5) is 13.6. The van der Waals surface area contributed by atoms with E-state index in [9.17, 15) is 9.90 Å². The third-order valence-electron chi connectivity index (χ3n) is 4.07. The molecule has 1 fully saturated rings. The Morgan fingerprint density at radius 2 is 2.06 bits per heavy atom. The molecule has 3 nitrogen and oxygen atoms in total. The van der Waals surface area contributed by atoms with Gasteiger partial charge in [-0.3, -0.25) is 4.90 Å². The van der Waals surface area contributed by atoms with E-state index in [-0.39, 0.29) is 6.04 Å². The highest BCUT2D eigenvalue weighted by atomic mass is 16.4. The molecule has 18 heavy (non-hydrogen) atoms. The van der Waals surface area contributed by atoms with Crippen LogP contribution in [0, 0.1) is 0 Å². The van der Waals surface area contributed by atoms with Gasteiger partial charge < -0.3 is 5.11 Å². The van der Waals surface area contributed by atoms with E-state index in [0.29, 0.717) is 11.6 Å². The topological polar surface area (TPSA) is 40.5 Å². The summed E-state index contributed by atoms with van der Waals surface area (Å²) in [6, 6.07) is 10.9. The lowest BCUT2D eigenvalue weighted by atomic mass is 10.0. The number of fused-ring (bicyclic) bond motifs is 2. The Balaban J connectivity index is 1.82. The van der Waals surface area contributed by atoms with Crippen molar-refractivity contribution in [2.24, 2.45) is 0 Å². The molecule has 2 atom stereocenters. The molecule has 2 aliphatic rings. The zero-order valence-electron chi connectivity index (χ0n) is 10.2. The van der Waals surface area contributed by atoms with E-state index >= 15 is 0 Å². The van der Waals surface area contributed by atoms with E-state index in [0.717, 1.165) is 25.8 Å². The van der Waals surface area contributed by atoms with Crippen LogP contribution in [0.25, 0.3) is 0 Å². The largest absolute Gasteiger partial charge is 0.478 e. The number of benzene rings is 1. The lowest BCUT2D eigenvalue weighted by Crippen LogP contribution is -2.41. The van der Waals surface area contributed by atoms with Crippen LogP contribution in [0.5, 0.6) is 0 Å². The van der Waals surface area contributed by atoms with Crippen LogP contribution in [0.15, 0.2) is 42.0 Å². The zero-order valence-corrected chi connectivity index (χ0v) is 10.2. The van der Waals surface area contributed by atoms with Gasteiger partial charge in [0.05, 0.1) is 5.57 Å². The molecule has 0 amide bonds. The third-order valence-corrected chi connectivity index (χ3v) is 4.07. The fraction of sp³-hybridized carbons (Fsp3) is 0.400. The Labute approximate surface area is 107 Å². The Morgan fingerprint density at radius 3 is 2.78 bits per heavy atom. The Kier molecular flexibility index (Phi) is 2.92. The van der Waals surface area contributed by atoms with Crippen LogP contribution in [-0.2, 0) is 11.3 Å². The third kappa shape index (κ3) is 1.95. The van der Waals surface area contributed by atoms with E-state index in [1.54, 1.807) is 0 Å². The van der Waals surface area contributed by atoms with Crippen molar-refractivity contribution < 1.29 is 9.90 Å². The quantitative estimate of drug-likeness (QED) is 0.886. The minimum atomic E-state index is -0.751. The Bertz CT molecular complexity index is 481. The summed E-state index contributed by atoms with van der Waals surface area (Å²) in [6.07, 6.45) is 4.90. The van der Waals surface area contributed by atoms with Gasteiger partial charge in [0.1, 0.15) is 0 Å². The van der Waals surface area contributed by atoms with Gasteiger partial charge in [-0.15, -0.1) is 0 Å². The number of rotatable bonds is 3. The van der Waals surface area contributed by atoms with E-state index in [1.165, 1.54) is 5.56 Å². The Hall–Kier alpha value is -1.61. The SMILES string of the molecule is O=C(O)C1=CCC2CCC1N2Cc1ccccc1. The van der Waals surface area contributed by atoms with Gasteiger partial charge in [0.2, 0.25) is 0 Å². The summed E-state index contributed by atoms with van der Waals surface area (Å²) in [5.74, 6) is -0.751. The maximum absolute atomic E-state index is 11.2. The number of carboxylic acid groups (broad SMARTS) is 1. The normalized spacial score (nSPS) is 27.0. The molecule has 0 aliphatic carbocycles. The highest BCUT2D eigenvalue weighted by molar-refractivity contribution is 5.88. The molecule has 0 aromatic heterocycles. The van der Waals surface area contributed by atoms with Crippen LogP contribution in [0.2, 0.25) is 0 Å². The second-order valence-corrected chi connectivity index (χ2v) is 5.11. The lowest BCUT2D eigenvalue weighted by molar-refractivity contribution is -0.133. The molecular formula is C15H17NO2.